The Labute approximate surface area is 110 Å². The number of fused-ring (bicyclic) bond motifs is 1. The van der Waals surface area contributed by atoms with Crippen molar-refractivity contribution in [1.29, 1.82) is 0 Å². The normalized spacial score (nSPS) is 11.9. The van der Waals surface area contributed by atoms with Gasteiger partial charge in [-0.2, -0.15) is 22.8 Å². The quantitative estimate of drug-likeness (QED) is 0.742. The number of halogens is 3. The Hall–Kier alpha value is -2.64. The van der Waals surface area contributed by atoms with Crippen LogP contribution in [0.15, 0.2) is 36.4 Å². The molecular weight excluding hydrogens is 271 g/mol. The Morgan fingerprint density at radius 1 is 1.00 bits per heavy atom. The number of anilines is 1. The molecular formula is C12H8F3N5. The van der Waals surface area contributed by atoms with Crippen LogP contribution in [0.5, 0.6) is 0 Å². The molecule has 0 amide bonds. The van der Waals surface area contributed by atoms with Gasteiger partial charge in [0.15, 0.2) is 5.65 Å². The molecule has 1 aromatic carbocycles. The molecule has 2 N–H and O–H groups in total. The van der Waals surface area contributed by atoms with E-state index in [4.69, 9.17) is 5.73 Å². The summed E-state index contributed by atoms with van der Waals surface area (Å²) < 4.78 is 40.1. The van der Waals surface area contributed by atoms with Crippen LogP contribution in [-0.4, -0.2) is 19.8 Å². The van der Waals surface area contributed by atoms with E-state index in [0.29, 0.717) is 5.65 Å². The number of alkyl halides is 3. The summed E-state index contributed by atoms with van der Waals surface area (Å²) in [6.45, 7) is 0. The van der Waals surface area contributed by atoms with Crippen LogP contribution in [-0.2, 0) is 6.18 Å². The van der Waals surface area contributed by atoms with Gasteiger partial charge in [0.2, 0.25) is 5.95 Å². The lowest BCUT2D eigenvalue weighted by atomic mass is 10.0. The van der Waals surface area contributed by atoms with Gasteiger partial charge in [-0.25, -0.2) is 0 Å². The van der Waals surface area contributed by atoms with Gasteiger partial charge in [-0.15, -0.1) is 10.2 Å². The highest BCUT2D eigenvalue weighted by molar-refractivity contribution is 5.65. The lowest BCUT2D eigenvalue weighted by Crippen LogP contribution is -2.08. The summed E-state index contributed by atoms with van der Waals surface area (Å²) in [5.74, 6) is 0.0198. The van der Waals surface area contributed by atoms with Crippen LogP contribution in [0.4, 0.5) is 19.1 Å². The molecule has 0 aliphatic carbocycles. The van der Waals surface area contributed by atoms with Gasteiger partial charge in [0.05, 0.1) is 11.3 Å². The number of rotatable bonds is 1. The molecule has 2 heterocycles. The zero-order chi connectivity index (χ0) is 14.3. The summed E-state index contributed by atoms with van der Waals surface area (Å²) in [4.78, 5) is 0. The van der Waals surface area contributed by atoms with Crippen LogP contribution in [0, 0.1) is 0 Å². The highest BCUT2D eigenvalue weighted by atomic mass is 19.4. The summed E-state index contributed by atoms with van der Waals surface area (Å²) in [5, 5.41) is 11.4. The van der Waals surface area contributed by atoms with Crippen LogP contribution in [0.25, 0.3) is 16.9 Å². The van der Waals surface area contributed by atoms with E-state index >= 15 is 0 Å². The molecule has 0 unspecified atom stereocenters. The lowest BCUT2D eigenvalue weighted by molar-refractivity contribution is -0.137. The molecule has 8 heteroatoms. The molecule has 5 nitrogen and oxygen atoms in total. The Morgan fingerprint density at radius 3 is 2.50 bits per heavy atom. The molecule has 3 aromatic rings. The third kappa shape index (κ3) is 1.94. The molecule has 0 aliphatic rings. The smallest absolute Gasteiger partial charge is 0.366 e. The molecule has 0 aliphatic heterocycles. The molecule has 0 fully saturated rings. The maximum absolute atomic E-state index is 13.0. The second-order valence-corrected chi connectivity index (χ2v) is 4.09. The monoisotopic (exact) mass is 279 g/mol. The average molecular weight is 279 g/mol. The average Bonchev–Trinajstić information content (AvgIpc) is 2.79. The number of nitrogens with zero attached hydrogens (tertiary/aromatic N) is 4. The SMILES string of the molecule is Nc1nnc2ccc(-c3ccccc3C(F)(F)F)nn12. The summed E-state index contributed by atoms with van der Waals surface area (Å²) in [6, 6.07) is 8.19. The van der Waals surface area contributed by atoms with Crippen LogP contribution in [0.2, 0.25) is 0 Å². The summed E-state index contributed by atoms with van der Waals surface area (Å²) in [6.07, 6.45) is -4.45. The van der Waals surface area contributed by atoms with Crippen molar-refractivity contribution in [3.63, 3.8) is 0 Å². The van der Waals surface area contributed by atoms with E-state index < -0.39 is 11.7 Å². The second-order valence-electron chi connectivity index (χ2n) is 4.09. The minimum atomic E-state index is -4.45. The van der Waals surface area contributed by atoms with Gasteiger partial charge in [-0.05, 0) is 18.2 Å². The molecule has 0 spiro atoms. The minimum absolute atomic E-state index is 0.0185. The number of nitrogens with two attached hydrogens (primary N) is 1. The van der Waals surface area contributed by atoms with Crippen molar-refractivity contribution in [2.75, 3.05) is 5.73 Å². The van der Waals surface area contributed by atoms with E-state index in [2.05, 4.69) is 15.3 Å². The maximum Gasteiger partial charge on any atom is 0.417 e. The van der Waals surface area contributed by atoms with Gasteiger partial charge in [0.1, 0.15) is 0 Å². The van der Waals surface area contributed by atoms with Crippen LogP contribution < -0.4 is 5.73 Å². The number of benzene rings is 1. The number of nitrogen functional groups attached to an aromatic ring is 1. The maximum atomic E-state index is 13.0. The molecule has 0 atom stereocenters. The van der Waals surface area contributed by atoms with Gasteiger partial charge >= 0.3 is 6.18 Å². The third-order valence-electron chi connectivity index (χ3n) is 2.80. The van der Waals surface area contributed by atoms with Gasteiger partial charge in [0.25, 0.3) is 0 Å². The first-order valence-electron chi connectivity index (χ1n) is 5.61. The molecule has 0 saturated heterocycles. The second kappa shape index (κ2) is 4.19. The van der Waals surface area contributed by atoms with E-state index in [0.717, 1.165) is 6.07 Å². The fraction of sp³-hybridized carbons (Fsp3) is 0.0833. The number of aromatic nitrogens is 4. The zero-order valence-electron chi connectivity index (χ0n) is 9.96. The first kappa shape index (κ1) is 12.4. The molecule has 2 aromatic heterocycles. The van der Waals surface area contributed by atoms with Crippen molar-refractivity contribution in [3.8, 4) is 11.3 Å². The van der Waals surface area contributed by atoms with Crippen LogP contribution in [0.3, 0.4) is 0 Å². The van der Waals surface area contributed by atoms with Gasteiger partial charge in [-0.1, -0.05) is 18.2 Å². The Balaban J connectivity index is 2.23. The number of hydrogen-bond donors (Lipinski definition) is 1. The molecule has 0 radical (unpaired) electrons. The van der Waals surface area contributed by atoms with Crippen LogP contribution >= 0.6 is 0 Å². The molecule has 102 valence electrons. The highest BCUT2D eigenvalue weighted by Gasteiger charge is 2.33. The van der Waals surface area contributed by atoms with Gasteiger partial charge in [-0.3, -0.25) is 0 Å². The largest absolute Gasteiger partial charge is 0.417 e. The van der Waals surface area contributed by atoms with Crippen molar-refractivity contribution in [1.82, 2.24) is 19.8 Å². The van der Waals surface area contributed by atoms with Crippen molar-refractivity contribution < 1.29 is 13.2 Å². The Bertz CT molecular complexity index is 778. The zero-order valence-corrected chi connectivity index (χ0v) is 9.96. The first-order chi connectivity index (χ1) is 9.47. The standard InChI is InChI=1S/C12H8F3N5/c13-12(14,15)8-4-2-1-3-7(8)9-5-6-10-17-18-11(16)20(10)19-9/h1-6H,(H2,16,18). The van der Waals surface area contributed by atoms with Crippen molar-refractivity contribution in [3.05, 3.63) is 42.0 Å². The minimum Gasteiger partial charge on any atom is -0.366 e. The van der Waals surface area contributed by atoms with Crippen molar-refractivity contribution in [2.24, 2.45) is 0 Å². The number of hydrogen-bond acceptors (Lipinski definition) is 4. The molecule has 0 bridgehead atoms. The van der Waals surface area contributed by atoms with Gasteiger partial charge in [0, 0.05) is 5.56 Å². The molecule has 20 heavy (non-hydrogen) atoms. The third-order valence-corrected chi connectivity index (χ3v) is 2.80. The Morgan fingerprint density at radius 2 is 1.75 bits per heavy atom. The summed E-state index contributed by atoms with van der Waals surface area (Å²) >= 11 is 0. The van der Waals surface area contributed by atoms with Crippen molar-refractivity contribution in [2.45, 2.75) is 6.18 Å². The van der Waals surface area contributed by atoms with E-state index in [1.807, 2.05) is 0 Å². The van der Waals surface area contributed by atoms with E-state index in [1.54, 1.807) is 0 Å². The van der Waals surface area contributed by atoms with Gasteiger partial charge < -0.3 is 5.73 Å². The fourth-order valence-electron chi connectivity index (χ4n) is 1.90. The fourth-order valence-corrected chi connectivity index (χ4v) is 1.90. The van der Waals surface area contributed by atoms with Crippen LogP contribution in [0.1, 0.15) is 5.56 Å². The summed E-state index contributed by atoms with van der Waals surface area (Å²) in [7, 11) is 0. The topological polar surface area (TPSA) is 69.1 Å². The Kier molecular flexibility index (Phi) is 2.60. The van der Waals surface area contributed by atoms with E-state index in [9.17, 15) is 13.2 Å². The molecule has 3 rings (SSSR count). The van der Waals surface area contributed by atoms with Crippen molar-refractivity contribution >= 4 is 11.6 Å². The van der Waals surface area contributed by atoms with E-state index in [-0.39, 0.29) is 17.2 Å². The highest BCUT2D eigenvalue weighted by Crippen LogP contribution is 2.36. The predicted octanol–water partition coefficient (Wildman–Crippen LogP) is 2.39. The lowest BCUT2D eigenvalue weighted by Gasteiger charge is -2.12. The summed E-state index contributed by atoms with van der Waals surface area (Å²) in [5.41, 5.74) is 5.30. The molecule has 0 saturated carbocycles. The first-order valence-corrected chi connectivity index (χ1v) is 5.61. The van der Waals surface area contributed by atoms with E-state index in [1.165, 1.54) is 34.8 Å². The predicted molar refractivity (Wildman–Crippen MR) is 65.6 cm³/mol.